The maximum absolute atomic E-state index is 13.8. The van der Waals surface area contributed by atoms with Crippen molar-refractivity contribution in [3.63, 3.8) is 0 Å². The number of nitrogens with zero attached hydrogens (tertiary/aromatic N) is 2. The number of halogens is 2. The van der Waals surface area contributed by atoms with E-state index in [2.05, 4.69) is 0 Å². The summed E-state index contributed by atoms with van der Waals surface area (Å²) in [5.41, 5.74) is 1.70. The molecule has 1 atom stereocenters. The summed E-state index contributed by atoms with van der Waals surface area (Å²) in [7, 11) is -3.62. The van der Waals surface area contributed by atoms with Gasteiger partial charge >= 0.3 is 0 Å². The minimum atomic E-state index is -3.62. The van der Waals surface area contributed by atoms with Crippen LogP contribution in [0.15, 0.2) is 66.7 Å². The summed E-state index contributed by atoms with van der Waals surface area (Å²) < 4.78 is 55.1. The zero-order valence-electron chi connectivity index (χ0n) is 16.2. The third-order valence-corrected chi connectivity index (χ3v) is 6.16. The van der Waals surface area contributed by atoms with Crippen molar-refractivity contribution >= 4 is 37.5 Å². The Bertz CT molecular complexity index is 1260. The molecule has 0 aliphatic carbocycles. The molecule has 5 nitrogen and oxygen atoms in total. The second kappa shape index (κ2) is 7.70. The van der Waals surface area contributed by atoms with Crippen LogP contribution < -0.4 is 4.31 Å². The van der Waals surface area contributed by atoms with Crippen molar-refractivity contribution in [1.82, 2.24) is 4.57 Å². The van der Waals surface area contributed by atoms with E-state index in [9.17, 15) is 22.3 Å². The molecule has 0 saturated heterocycles. The fourth-order valence-electron chi connectivity index (χ4n) is 3.73. The lowest BCUT2D eigenvalue weighted by molar-refractivity contribution is 0.166. The Kier molecular flexibility index (Phi) is 5.21. The van der Waals surface area contributed by atoms with Crippen LogP contribution in [0.1, 0.15) is 0 Å². The molecule has 8 heteroatoms. The predicted octanol–water partition coefficient (Wildman–Crippen LogP) is 3.90. The molecular weight excluding hydrogens is 410 g/mol. The van der Waals surface area contributed by atoms with Gasteiger partial charge in [-0.3, -0.25) is 4.31 Å². The Morgan fingerprint density at radius 1 is 0.933 bits per heavy atom. The highest BCUT2D eigenvalue weighted by molar-refractivity contribution is 7.92. The number of benzene rings is 3. The van der Waals surface area contributed by atoms with Gasteiger partial charge in [0.25, 0.3) is 0 Å². The van der Waals surface area contributed by atoms with Gasteiger partial charge in [0.05, 0.1) is 31.1 Å². The smallest absolute Gasteiger partial charge is 0.232 e. The van der Waals surface area contributed by atoms with E-state index in [1.165, 1.54) is 24.3 Å². The van der Waals surface area contributed by atoms with Crippen LogP contribution in [0.5, 0.6) is 0 Å². The lowest BCUT2D eigenvalue weighted by Gasteiger charge is -2.25. The van der Waals surface area contributed by atoms with Crippen molar-refractivity contribution in [3.8, 4) is 0 Å². The average Bonchev–Trinajstić information content (AvgIpc) is 2.98. The average molecular weight is 430 g/mol. The van der Waals surface area contributed by atoms with Crippen LogP contribution in [0.4, 0.5) is 14.5 Å². The second-order valence-corrected chi connectivity index (χ2v) is 9.12. The van der Waals surface area contributed by atoms with Crippen molar-refractivity contribution in [1.29, 1.82) is 0 Å². The molecule has 0 saturated carbocycles. The molecule has 156 valence electrons. The molecule has 0 amide bonds. The van der Waals surface area contributed by atoms with Crippen LogP contribution in [-0.4, -0.2) is 37.0 Å². The van der Waals surface area contributed by atoms with Gasteiger partial charge in [-0.1, -0.05) is 18.2 Å². The fourth-order valence-corrected chi connectivity index (χ4v) is 4.68. The Morgan fingerprint density at radius 3 is 1.97 bits per heavy atom. The minimum absolute atomic E-state index is 0.0517. The quantitative estimate of drug-likeness (QED) is 0.505. The van der Waals surface area contributed by atoms with Gasteiger partial charge in [0, 0.05) is 21.8 Å². The van der Waals surface area contributed by atoms with E-state index in [4.69, 9.17) is 0 Å². The highest BCUT2D eigenvalue weighted by atomic mass is 32.2. The number of hydrogen-bond acceptors (Lipinski definition) is 3. The van der Waals surface area contributed by atoms with Gasteiger partial charge in [-0.2, -0.15) is 0 Å². The van der Waals surface area contributed by atoms with Crippen molar-refractivity contribution in [2.45, 2.75) is 12.6 Å². The molecule has 0 aliphatic rings. The van der Waals surface area contributed by atoms with E-state index >= 15 is 0 Å². The summed E-state index contributed by atoms with van der Waals surface area (Å²) >= 11 is 0. The molecule has 0 fully saturated rings. The first-order chi connectivity index (χ1) is 14.2. The number of aromatic nitrogens is 1. The first-order valence-electron chi connectivity index (χ1n) is 9.32. The van der Waals surface area contributed by atoms with Crippen molar-refractivity contribution in [2.75, 3.05) is 17.1 Å². The summed E-state index contributed by atoms with van der Waals surface area (Å²) in [6, 6.07) is 16.9. The fraction of sp³-hybridized carbons (Fsp3) is 0.182. The van der Waals surface area contributed by atoms with E-state index in [0.717, 1.165) is 10.6 Å². The van der Waals surface area contributed by atoms with Gasteiger partial charge in [-0.15, -0.1) is 0 Å². The van der Waals surface area contributed by atoms with Crippen LogP contribution in [0.3, 0.4) is 0 Å². The maximum atomic E-state index is 13.8. The minimum Gasteiger partial charge on any atom is -0.389 e. The summed E-state index contributed by atoms with van der Waals surface area (Å²) in [5, 5.41) is 11.8. The van der Waals surface area contributed by atoms with E-state index in [1.54, 1.807) is 47.0 Å². The third kappa shape index (κ3) is 3.88. The maximum Gasteiger partial charge on any atom is 0.232 e. The molecule has 1 heterocycles. The molecule has 4 rings (SSSR count). The molecule has 1 aromatic heterocycles. The second-order valence-electron chi connectivity index (χ2n) is 7.22. The Hall–Kier alpha value is -2.97. The van der Waals surface area contributed by atoms with Gasteiger partial charge in [0.15, 0.2) is 0 Å². The van der Waals surface area contributed by atoms with E-state index in [1.807, 2.05) is 0 Å². The highest BCUT2D eigenvalue weighted by Crippen LogP contribution is 2.30. The lowest BCUT2D eigenvalue weighted by atomic mass is 10.1. The first kappa shape index (κ1) is 20.3. The molecule has 4 aromatic rings. The van der Waals surface area contributed by atoms with Gasteiger partial charge in [0.2, 0.25) is 10.0 Å². The topological polar surface area (TPSA) is 62.5 Å². The highest BCUT2D eigenvalue weighted by Gasteiger charge is 2.22. The zero-order valence-corrected chi connectivity index (χ0v) is 17.0. The largest absolute Gasteiger partial charge is 0.389 e. The number of fused-ring (bicyclic) bond motifs is 3. The summed E-state index contributed by atoms with van der Waals surface area (Å²) in [6.07, 6.45) is 0.0208. The molecule has 1 N–H and O–H groups in total. The molecule has 0 bridgehead atoms. The molecule has 0 spiro atoms. The standard InChI is InChI=1S/C22H20F2N2O3S/c1-30(28,29)26(17-5-3-2-4-6-17)14-18(27)13-25-21-9-7-15(23)11-19(21)20-12-16(24)8-10-22(20)25/h2-12,18,27H,13-14H2,1H3. The number of para-hydroxylation sites is 1. The number of hydrogen-bond donors (Lipinski definition) is 1. The Morgan fingerprint density at radius 2 is 1.47 bits per heavy atom. The zero-order chi connectivity index (χ0) is 21.5. The van der Waals surface area contributed by atoms with Gasteiger partial charge < -0.3 is 9.67 Å². The first-order valence-corrected chi connectivity index (χ1v) is 11.2. The van der Waals surface area contributed by atoms with Crippen molar-refractivity contribution in [3.05, 3.63) is 78.4 Å². The summed E-state index contributed by atoms with van der Waals surface area (Å²) in [5.74, 6) is -0.891. The van der Waals surface area contributed by atoms with E-state index < -0.39 is 27.8 Å². The van der Waals surface area contributed by atoms with Gasteiger partial charge in [0.1, 0.15) is 11.6 Å². The van der Waals surface area contributed by atoms with Crippen molar-refractivity contribution in [2.24, 2.45) is 0 Å². The molecule has 0 radical (unpaired) electrons. The van der Waals surface area contributed by atoms with Crippen LogP contribution in [0, 0.1) is 11.6 Å². The number of aliphatic hydroxyl groups excluding tert-OH is 1. The monoisotopic (exact) mass is 430 g/mol. The summed E-state index contributed by atoms with van der Waals surface area (Å²) in [6.45, 7) is -0.109. The van der Waals surface area contributed by atoms with E-state index in [-0.39, 0.29) is 13.1 Å². The lowest BCUT2D eigenvalue weighted by Crippen LogP contribution is -2.38. The normalized spacial score (nSPS) is 13.1. The van der Waals surface area contributed by atoms with Crippen LogP contribution >= 0.6 is 0 Å². The van der Waals surface area contributed by atoms with Crippen LogP contribution in [-0.2, 0) is 16.6 Å². The molecule has 3 aromatic carbocycles. The molecule has 30 heavy (non-hydrogen) atoms. The molecular formula is C22H20F2N2O3S. The Balaban J connectivity index is 1.73. The predicted molar refractivity (Wildman–Crippen MR) is 114 cm³/mol. The van der Waals surface area contributed by atoms with Gasteiger partial charge in [-0.05, 0) is 48.5 Å². The summed E-state index contributed by atoms with van der Waals surface area (Å²) in [4.78, 5) is 0. The number of anilines is 1. The number of aliphatic hydroxyl groups is 1. The third-order valence-electron chi connectivity index (χ3n) is 5.00. The number of sulfonamides is 1. The van der Waals surface area contributed by atoms with E-state index in [0.29, 0.717) is 27.5 Å². The molecule has 0 aliphatic heterocycles. The Labute approximate surface area is 172 Å². The van der Waals surface area contributed by atoms with Crippen molar-refractivity contribution < 1.29 is 22.3 Å². The van der Waals surface area contributed by atoms with Gasteiger partial charge in [-0.25, -0.2) is 17.2 Å². The molecule has 1 unspecified atom stereocenters. The van der Waals surface area contributed by atoms with Crippen LogP contribution in [0.2, 0.25) is 0 Å². The SMILES string of the molecule is CS(=O)(=O)N(CC(O)Cn1c2ccc(F)cc2c2cc(F)ccc21)c1ccccc1. The van der Waals surface area contributed by atoms with Crippen LogP contribution in [0.25, 0.3) is 21.8 Å². The number of rotatable bonds is 6.